The van der Waals surface area contributed by atoms with Crippen molar-refractivity contribution >= 4 is 6.41 Å². The molecule has 0 bridgehead atoms. The van der Waals surface area contributed by atoms with Gasteiger partial charge in [0.1, 0.15) is 0 Å². The summed E-state index contributed by atoms with van der Waals surface area (Å²) in [7, 11) is 0. The van der Waals surface area contributed by atoms with E-state index in [1.54, 1.807) is 0 Å². The van der Waals surface area contributed by atoms with Crippen molar-refractivity contribution in [1.82, 2.24) is 10.2 Å². The lowest BCUT2D eigenvalue weighted by Gasteiger charge is -2.35. The van der Waals surface area contributed by atoms with Crippen molar-refractivity contribution in [3.8, 4) is 0 Å². The van der Waals surface area contributed by atoms with Crippen LogP contribution in [0.4, 0.5) is 0 Å². The molecule has 0 aromatic heterocycles. The standard InChI is InChI=1S/C11H20N2O/c14-9-13(11-6-7-12-8-11)10-4-2-1-3-5-10/h9-12H,1-8H2. The van der Waals surface area contributed by atoms with Gasteiger partial charge in [-0.05, 0) is 25.8 Å². The fourth-order valence-corrected chi connectivity index (χ4v) is 2.74. The number of hydrogen-bond acceptors (Lipinski definition) is 2. The van der Waals surface area contributed by atoms with Crippen molar-refractivity contribution < 1.29 is 4.79 Å². The van der Waals surface area contributed by atoms with Crippen LogP contribution >= 0.6 is 0 Å². The molecule has 2 rings (SSSR count). The second-order valence-electron chi connectivity index (χ2n) is 4.49. The molecule has 1 amide bonds. The minimum absolute atomic E-state index is 0.468. The molecule has 1 atom stereocenters. The van der Waals surface area contributed by atoms with Crippen LogP contribution in [0.1, 0.15) is 38.5 Å². The molecule has 1 saturated heterocycles. The number of rotatable bonds is 3. The fraction of sp³-hybridized carbons (Fsp3) is 0.909. The Hall–Kier alpha value is -0.570. The average molecular weight is 196 g/mol. The first-order valence-electron chi connectivity index (χ1n) is 5.85. The average Bonchev–Trinajstić information content (AvgIpc) is 2.74. The lowest BCUT2D eigenvalue weighted by Crippen LogP contribution is -2.44. The summed E-state index contributed by atoms with van der Waals surface area (Å²) in [4.78, 5) is 13.2. The molecule has 1 aliphatic carbocycles. The van der Waals surface area contributed by atoms with E-state index in [0.29, 0.717) is 12.1 Å². The monoisotopic (exact) mass is 196 g/mol. The van der Waals surface area contributed by atoms with Crippen molar-refractivity contribution in [2.75, 3.05) is 13.1 Å². The first-order chi connectivity index (χ1) is 6.92. The number of nitrogens with zero attached hydrogens (tertiary/aromatic N) is 1. The highest BCUT2D eigenvalue weighted by Gasteiger charge is 2.28. The summed E-state index contributed by atoms with van der Waals surface area (Å²) < 4.78 is 0. The molecular formula is C11H20N2O. The van der Waals surface area contributed by atoms with Crippen molar-refractivity contribution in [1.29, 1.82) is 0 Å². The summed E-state index contributed by atoms with van der Waals surface area (Å²) in [5.41, 5.74) is 0. The van der Waals surface area contributed by atoms with Crippen LogP contribution in [-0.4, -0.2) is 36.5 Å². The lowest BCUT2D eigenvalue weighted by atomic mass is 9.93. The molecule has 3 heteroatoms. The summed E-state index contributed by atoms with van der Waals surface area (Å²) in [5.74, 6) is 0. The zero-order valence-electron chi connectivity index (χ0n) is 8.74. The van der Waals surface area contributed by atoms with Crippen LogP contribution in [0.5, 0.6) is 0 Å². The van der Waals surface area contributed by atoms with Crippen LogP contribution in [0.15, 0.2) is 0 Å². The zero-order chi connectivity index (χ0) is 9.80. The Bertz CT molecular complexity index is 184. The van der Waals surface area contributed by atoms with Gasteiger partial charge in [0.25, 0.3) is 0 Å². The Kier molecular flexibility index (Phi) is 3.40. The Labute approximate surface area is 85.8 Å². The molecule has 1 N–H and O–H groups in total. The van der Waals surface area contributed by atoms with Crippen molar-refractivity contribution in [2.45, 2.75) is 50.6 Å². The molecule has 0 aromatic carbocycles. The van der Waals surface area contributed by atoms with E-state index in [4.69, 9.17) is 0 Å². The van der Waals surface area contributed by atoms with Gasteiger partial charge in [0.05, 0.1) is 0 Å². The van der Waals surface area contributed by atoms with Gasteiger partial charge in [-0.1, -0.05) is 19.3 Å². The van der Waals surface area contributed by atoms with Crippen LogP contribution in [0, 0.1) is 0 Å². The Morgan fingerprint density at radius 3 is 2.43 bits per heavy atom. The molecule has 0 radical (unpaired) electrons. The van der Waals surface area contributed by atoms with E-state index in [2.05, 4.69) is 10.2 Å². The van der Waals surface area contributed by atoms with Gasteiger partial charge >= 0.3 is 0 Å². The summed E-state index contributed by atoms with van der Waals surface area (Å²) in [5, 5.41) is 3.33. The van der Waals surface area contributed by atoms with Crippen molar-refractivity contribution in [3.05, 3.63) is 0 Å². The lowest BCUT2D eigenvalue weighted by molar-refractivity contribution is -0.123. The van der Waals surface area contributed by atoms with Crippen LogP contribution in [0.2, 0.25) is 0 Å². The minimum atomic E-state index is 0.468. The second kappa shape index (κ2) is 4.78. The van der Waals surface area contributed by atoms with E-state index in [1.807, 2.05) is 0 Å². The number of hydrogen-bond donors (Lipinski definition) is 1. The van der Waals surface area contributed by atoms with E-state index in [0.717, 1.165) is 25.9 Å². The third-order valence-electron chi connectivity index (χ3n) is 3.57. The first-order valence-corrected chi connectivity index (χ1v) is 5.85. The number of carbonyl (C=O) groups excluding carboxylic acids is 1. The smallest absolute Gasteiger partial charge is 0.210 e. The van der Waals surface area contributed by atoms with E-state index in [-0.39, 0.29) is 0 Å². The zero-order valence-corrected chi connectivity index (χ0v) is 8.74. The largest absolute Gasteiger partial charge is 0.338 e. The van der Waals surface area contributed by atoms with Crippen LogP contribution < -0.4 is 5.32 Å². The maximum absolute atomic E-state index is 11.1. The predicted octanol–water partition coefficient (Wildman–Crippen LogP) is 1.14. The van der Waals surface area contributed by atoms with Crippen molar-refractivity contribution in [3.63, 3.8) is 0 Å². The van der Waals surface area contributed by atoms with Crippen LogP contribution in [0.3, 0.4) is 0 Å². The fourth-order valence-electron chi connectivity index (χ4n) is 2.74. The van der Waals surface area contributed by atoms with Crippen LogP contribution in [0.25, 0.3) is 0 Å². The molecule has 3 nitrogen and oxygen atoms in total. The molecular weight excluding hydrogens is 176 g/mol. The number of carbonyl (C=O) groups is 1. The summed E-state index contributed by atoms with van der Waals surface area (Å²) in [6, 6.07) is 1.00. The molecule has 1 saturated carbocycles. The molecule has 2 fully saturated rings. The quantitative estimate of drug-likeness (QED) is 0.686. The maximum atomic E-state index is 11.1. The normalized spacial score (nSPS) is 29.0. The van der Waals surface area contributed by atoms with Gasteiger partial charge in [-0.25, -0.2) is 0 Å². The van der Waals surface area contributed by atoms with Gasteiger partial charge in [0.2, 0.25) is 6.41 Å². The van der Waals surface area contributed by atoms with Crippen LogP contribution in [-0.2, 0) is 4.79 Å². The van der Waals surface area contributed by atoms with Gasteiger partial charge in [-0.3, -0.25) is 4.79 Å². The first kappa shape index (κ1) is 9.97. The molecule has 1 heterocycles. The van der Waals surface area contributed by atoms with E-state index < -0.39 is 0 Å². The molecule has 14 heavy (non-hydrogen) atoms. The van der Waals surface area contributed by atoms with Crippen molar-refractivity contribution in [2.24, 2.45) is 0 Å². The molecule has 0 aromatic rings. The van der Waals surface area contributed by atoms with Gasteiger partial charge in [0.15, 0.2) is 0 Å². The molecule has 1 aliphatic heterocycles. The molecule has 0 spiro atoms. The van der Waals surface area contributed by atoms with E-state index >= 15 is 0 Å². The summed E-state index contributed by atoms with van der Waals surface area (Å²) >= 11 is 0. The molecule has 80 valence electrons. The summed E-state index contributed by atoms with van der Waals surface area (Å²) in [6.07, 6.45) is 8.60. The SMILES string of the molecule is O=CN(C1CCCCC1)C1CCNC1. The number of nitrogens with one attached hydrogen (secondary N) is 1. The van der Waals surface area contributed by atoms with Gasteiger partial charge in [-0.15, -0.1) is 0 Å². The third kappa shape index (κ3) is 2.08. The Balaban J connectivity index is 1.92. The second-order valence-corrected chi connectivity index (χ2v) is 4.49. The highest BCUT2D eigenvalue weighted by molar-refractivity contribution is 5.48. The predicted molar refractivity (Wildman–Crippen MR) is 56.1 cm³/mol. The summed E-state index contributed by atoms with van der Waals surface area (Å²) in [6.45, 7) is 2.07. The van der Waals surface area contributed by atoms with Gasteiger partial charge in [0, 0.05) is 18.6 Å². The highest BCUT2D eigenvalue weighted by Crippen LogP contribution is 2.24. The van der Waals surface area contributed by atoms with E-state index in [9.17, 15) is 4.79 Å². The maximum Gasteiger partial charge on any atom is 0.210 e. The topological polar surface area (TPSA) is 32.3 Å². The van der Waals surface area contributed by atoms with E-state index in [1.165, 1.54) is 32.1 Å². The third-order valence-corrected chi connectivity index (χ3v) is 3.57. The molecule has 2 aliphatic rings. The Morgan fingerprint density at radius 1 is 1.07 bits per heavy atom. The Morgan fingerprint density at radius 2 is 1.86 bits per heavy atom. The van der Waals surface area contributed by atoms with Gasteiger partial charge in [-0.2, -0.15) is 0 Å². The number of amides is 1. The highest BCUT2D eigenvalue weighted by atomic mass is 16.1. The minimum Gasteiger partial charge on any atom is -0.338 e. The molecule has 1 unspecified atom stereocenters. The van der Waals surface area contributed by atoms with Gasteiger partial charge < -0.3 is 10.2 Å².